The van der Waals surface area contributed by atoms with E-state index in [2.05, 4.69) is 15.3 Å². The summed E-state index contributed by atoms with van der Waals surface area (Å²) in [6.45, 7) is 0. The van der Waals surface area contributed by atoms with Crippen LogP contribution in [0.25, 0.3) is 0 Å². The maximum Gasteiger partial charge on any atom is 0.308 e. The van der Waals surface area contributed by atoms with Crippen molar-refractivity contribution in [2.45, 2.75) is 25.3 Å². The molecule has 1 saturated carbocycles. The molecule has 0 bridgehead atoms. The Hall–Kier alpha value is -2.05. The predicted octanol–water partition coefficient (Wildman–Crippen LogP) is 1.16. The lowest BCUT2D eigenvalue weighted by Crippen LogP contribution is -2.30. The van der Waals surface area contributed by atoms with Crippen molar-refractivity contribution in [3.8, 4) is 11.8 Å². The topological polar surface area (TPSA) is 93.6 Å². The van der Waals surface area contributed by atoms with Gasteiger partial charge in [0.2, 0.25) is 17.7 Å². The highest BCUT2D eigenvalue weighted by molar-refractivity contribution is 5.72. The molecule has 2 rings (SSSR count). The summed E-state index contributed by atoms with van der Waals surface area (Å²) < 4.78 is 10.1. The average molecular weight is 267 g/mol. The largest absolute Gasteiger partial charge is 0.481 e. The highest BCUT2D eigenvalue weighted by Gasteiger charge is 2.33. The number of hydrogen-bond acceptors (Lipinski definition) is 6. The van der Waals surface area contributed by atoms with Gasteiger partial charge in [-0.3, -0.25) is 4.79 Å². The molecule has 7 heteroatoms. The second-order valence-electron chi connectivity index (χ2n) is 4.40. The molecular formula is C12H17N3O4. The highest BCUT2D eigenvalue weighted by Crippen LogP contribution is 2.29. The van der Waals surface area contributed by atoms with Crippen molar-refractivity contribution in [2.24, 2.45) is 5.92 Å². The van der Waals surface area contributed by atoms with Crippen molar-refractivity contribution in [2.75, 3.05) is 19.5 Å². The summed E-state index contributed by atoms with van der Waals surface area (Å²) in [5.74, 6) is -0.113. The molecule has 0 aromatic carbocycles. The summed E-state index contributed by atoms with van der Waals surface area (Å²) in [5.41, 5.74) is 0. The summed E-state index contributed by atoms with van der Waals surface area (Å²) >= 11 is 0. The molecule has 7 nitrogen and oxygen atoms in total. The van der Waals surface area contributed by atoms with Crippen LogP contribution >= 0.6 is 0 Å². The third-order valence-electron chi connectivity index (χ3n) is 3.25. The lowest BCUT2D eigenvalue weighted by Gasteiger charge is -2.18. The van der Waals surface area contributed by atoms with Gasteiger partial charge in [0, 0.05) is 6.04 Å². The fourth-order valence-corrected chi connectivity index (χ4v) is 2.27. The van der Waals surface area contributed by atoms with Crippen LogP contribution in [0.4, 0.5) is 5.95 Å². The van der Waals surface area contributed by atoms with Gasteiger partial charge in [-0.25, -0.2) is 0 Å². The second kappa shape index (κ2) is 5.73. The van der Waals surface area contributed by atoms with Gasteiger partial charge in [0.15, 0.2) is 0 Å². The average Bonchev–Trinajstić information content (AvgIpc) is 2.86. The van der Waals surface area contributed by atoms with Crippen molar-refractivity contribution in [3.05, 3.63) is 6.07 Å². The summed E-state index contributed by atoms with van der Waals surface area (Å²) in [6.07, 6.45) is 2.35. The van der Waals surface area contributed by atoms with E-state index in [1.807, 2.05) is 0 Å². The van der Waals surface area contributed by atoms with Gasteiger partial charge in [-0.05, 0) is 12.8 Å². The van der Waals surface area contributed by atoms with Crippen molar-refractivity contribution in [1.29, 1.82) is 0 Å². The van der Waals surface area contributed by atoms with E-state index in [1.54, 1.807) is 6.07 Å². The Labute approximate surface area is 111 Å². The first kappa shape index (κ1) is 13.4. The van der Waals surface area contributed by atoms with E-state index in [9.17, 15) is 4.79 Å². The lowest BCUT2D eigenvalue weighted by atomic mass is 10.0. The van der Waals surface area contributed by atoms with E-state index in [0.717, 1.165) is 12.8 Å². The van der Waals surface area contributed by atoms with Crippen LogP contribution in [0.1, 0.15) is 19.3 Å². The third kappa shape index (κ3) is 3.04. The first-order valence-corrected chi connectivity index (χ1v) is 6.10. The monoisotopic (exact) mass is 267 g/mol. The Balaban J connectivity index is 2.16. The van der Waals surface area contributed by atoms with Crippen LogP contribution in [0.15, 0.2) is 6.07 Å². The van der Waals surface area contributed by atoms with Crippen molar-refractivity contribution in [1.82, 2.24) is 9.97 Å². The first-order valence-electron chi connectivity index (χ1n) is 6.10. The van der Waals surface area contributed by atoms with Crippen LogP contribution in [-0.2, 0) is 4.79 Å². The van der Waals surface area contributed by atoms with E-state index in [-0.39, 0.29) is 6.04 Å². The van der Waals surface area contributed by atoms with Gasteiger partial charge in [0.25, 0.3) is 0 Å². The zero-order valence-corrected chi connectivity index (χ0v) is 10.9. The van der Waals surface area contributed by atoms with Crippen LogP contribution in [0.5, 0.6) is 11.8 Å². The maximum atomic E-state index is 11.1. The Morgan fingerprint density at radius 2 is 1.95 bits per heavy atom. The van der Waals surface area contributed by atoms with Crippen molar-refractivity contribution in [3.63, 3.8) is 0 Å². The number of anilines is 1. The molecule has 0 saturated heterocycles. The number of aliphatic carboxylic acids is 1. The Bertz CT molecular complexity index is 444. The smallest absolute Gasteiger partial charge is 0.308 e. The van der Waals surface area contributed by atoms with Gasteiger partial charge < -0.3 is 19.9 Å². The minimum atomic E-state index is -0.787. The first-order chi connectivity index (χ1) is 9.13. The van der Waals surface area contributed by atoms with Crippen molar-refractivity contribution >= 4 is 11.9 Å². The summed E-state index contributed by atoms with van der Waals surface area (Å²) in [6, 6.07) is 1.41. The fourth-order valence-electron chi connectivity index (χ4n) is 2.27. The number of ether oxygens (including phenoxy) is 2. The van der Waals surface area contributed by atoms with Crippen LogP contribution in [0.3, 0.4) is 0 Å². The van der Waals surface area contributed by atoms with Crippen LogP contribution in [-0.4, -0.2) is 41.3 Å². The molecule has 0 radical (unpaired) electrons. The van der Waals surface area contributed by atoms with Gasteiger partial charge in [0.05, 0.1) is 26.2 Å². The Kier molecular flexibility index (Phi) is 4.03. The van der Waals surface area contributed by atoms with Gasteiger partial charge in [-0.2, -0.15) is 9.97 Å². The summed E-state index contributed by atoms with van der Waals surface area (Å²) in [5, 5.41) is 12.2. The number of carbonyl (C=O) groups is 1. The second-order valence-corrected chi connectivity index (χ2v) is 4.40. The molecule has 104 valence electrons. The molecular weight excluding hydrogens is 250 g/mol. The quantitative estimate of drug-likeness (QED) is 0.826. The number of methoxy groups -OCH3 is 2. The molecule has 0 amide bonds. The van der Waals surface area contributed by atoms with E-state index in [0.29, 0.717) is 24.1 Å². The SMILES string of the molecule is COc1cc(OC)nc(NC2CCCC2C(=O)O)n1. The Morgan fingerprint density at radius 1 is 1.32 bits per heavy atom. The summed E-state index contributed by atoms with van der Waals surface area (Å²) in [7, 11) is 3.00. The van der Waals surface area contributed by atoms with Gasteiger partial charge in [-0.15, -0.1) is 0 Å². The molecule has 0 aliphatic heterocycles. The summed E-state index contributed by atoms with van der Waals surface area (Å²) in [4.78, 5) is 19.4. The van der Waals surface area contributed by atoms with Gasteiger partial charge in [0.1, 0.15) is 0 Å². The molecule has 19 heavy (non-hydrogen) atoms. The van der Waals surface area contributed by atoms with Crippen LogP contribution in [0, 0.1) is 5.92 Å². The predicted molar refractivity (Wildman–Crippen MR) is 67.5 cm³/mol. The number of nitrogens with zero attached hydrogens (tertiary/aromatic N) is 2. The van der Waals surface area contributed by atoms with Crippen molar-refractivity contribution < 1.29 is 19.4 Å². The van der Waals surface area contributed by atoms with E-state index in [1.165, 1.54) is 14.2 Å². The number of nitrogens with one attached hydrogen (secondary N) is 1. The molecule has 1 aliphatic rings. The minimum absolute atomic E-state index is 0.158. The van der Waals surface area contributed by atoms with E-state index >= 15 is 0 Å². The standard InChI is InChI=1S/C12H17N3O4/c1-18-9-6-10(19-2)15-12(14-9)13-8-5-3-4-7(8)11(16)17/h6-8H,3-5H2,1-2H3,(H,16,17)(H,13,14,15). The maximum absolute atomic E-state index is 11.1. The molecule has 1 aromatic heterocycles. The molecule has 2 unspecified atom stereocenters. The number of hydrogen-bond donors (Lipinski definition) is 2. The number of rotatable bonds is 5. The van der Waals surface area contributed by atoms with Crippen LogP contribution < -0.4 is 14.8 Å². The molecule has 0 spiro atoms. The number of carboxylic acids is 1. The Morgan fingerprint density at radius 3 is 2.47 bits per heavy atom. The zero-order valence-electron chi connectivity index (χ0n) is 10.9. The molecule has 1 fully saturated rings. The van der Waals surface area contributed by atoms with E-state index in [4.69, 9.17) is 14.6 Å². The fraction of sp³-hybridized carbons (Fsp3) is 0.583. The molecule has 2 atom stereocenters. The highest BCUT2D eigenvalue weighted by atomic mass is 16.5. The number of aromatic nitrogens is 2. The lowest BCUT2D eigenvalue weighted by molar-refractivity contribution is -0.141. The normalized spacial score (nSPS) is 22.0. The molecule has 1 heterocycles. The van der Waals surface area contributed by atoms with Gasteiger partial charge in [-0.1, -0.05) is 6.42 Å². The number of carboxylic acid groups (broad SMARTS) is 1. The molecule has 1 aliphatic carbocycles. The van der Waals surface area contributed by atoms with Gasteiger partial charge >= 0.3 is 5.97 Å². The third-order valence-corrected chi connectivity index (χ3v) is 3.25. The minimum Gasteiger partial charge on any atom is -0.481 e. The molecule has 2 N–H and O–H groups in total. The zero-order chi connectivity index (χ0) is 13.8. The van der Waals surface area contributed by atoms with Crippen LogP contribution in [0.2, 0.25) is 0 Å². The van der Waals surface area contributed by atoms with E-state index < -0.39 is 11.9 Å². The molecule has 1 aromatic rings.